The number of aryl methyl sites for hydroxylation is 1. The first-order valence-electron chi connectivity index (χ1n) is 8.82. The summed E-state index contributed by atoms with van der Waals surface area (Å²) in [6, 6.07) is 12.5. The number of pyridine rings is 1. The Balaban J connectivity index is 2.30. The number of hydrogen-bond donors (Lipinski definition) is 1. The van der Waals surface area contributed by atoms with Crippen LogP contribution >= 0.6 is 11.6 Å². The molecular weight excluding hydrogens is 380 g/mol. The van der Waals surface area contributed by atoms with Gasteiger partial charge in [-0.1, -0.05) is 41.9 Å². The average Bonchev–Trinajstić information content (AvgIpc) is 2.71. The molecule has 0 aliphatic rings. The van der Waals surface area contributed by atoms with Gasteiger partial charge in [-0.05, 0) is 26.0 Å². The summed E-state index contributed by atoms with van der Waals surface area (Å²) in [6.45, 7) is 3.99. The maximum atomic E-state index is 13.0. The van der Waals surface area contributed by atoms with Crippen LogP contribution in [0.3, 0.4) is 0 Å². The van der Waals surface area contributed by atoms with Crippen molar-refractivity contribution in [2.45, 2.75) is 20.4 Å². The minimum absolute atomic E-state index is 0.0454. The van der Waals surface area contributed by atoms with Crippen LogP contribution in [-0.2, 0) is 11.3 Å². The zero-order valence-corrected chi connectivity index (χ0v) is 16.2. The zero-order chi connectivity index (χ0) is 20.1. The van der Waals surface area contributed by atoms with Crippen molar-refractivity contribution in [3.63, 3.8) is 0 Å². The van der Waals surface area contributed by atoms with E-state index in [9.17, 15) is 9.59 Å². The molecule has 0 aliphatic heterocycles. The Morgan fingerprint density at radius 1 is 1.18 bits per heavy atom. The molecule has 2 heterocycles. The van der Waals surface area contributed by atoms with Crippen molar-refractivity contribution in [2.24, 2.45) is 0 Å². The Morgan fingerprint density at radius 2 is 1.93 bits per heavy atom. The molecule has 2 aromatic heterocycles. The van der Waals surface area contributed by atoms with E-state index in [1.54, 1.807) is 26.0 Å². The second-order valence-electron chi connectivity index (χ2n) is 5.77. The highest BCUT2D eigenvalue weighted by Crippen LogP contribution is 2.29. The molecule has 1 aromatic carbocycles. The molecule has 144 valence electrons. The molecule has 0 saturated carbocycles. The highest BCUT2D eigenvalue weighted by Gasteiger charge is 2.25. The lowest BCUT2D eigenvalue weighted by Crippen LogP contribution is -2.29. The number of ether oxygens (including phenoxy) is 1. The number of nitrogens with one attached hydrogen (secondary N) is 1. The van der Waals surface area contributed by atoms with Gasteiger partial charge in [0, 0.05) is 18.3 Å². The monoisotopic (exact) mass is 398 g/mol. The fourth-order valence-corrected chi connectivity index (χ4v) is 2.88. The predicted molar refractivity (Wildman–Crippen MR) is 108 cm³/mol. The van der Waals surface area contributed by atoms with E-state index in [0.29, 0.717) is 23.5 Å². The van der Waals surface area contributed by atoms with Gasteiger partial charge in [-0.25, -0.2) is 14.5 Å². The van der Waals surface area contributed by atoms with Crippen LogP contribution in [0, 0.1) is 0 Å². The Kier molecular flexibility index (Phi) is 6.06. The van der Waals surface area contributed by atoms with E-state index in [0.717, 1.165) is 0 Å². The van der Waals surface area contributed by atoms with E-state index >= 15 is 0 Å². The maximum absolute atomic E-state index is 13.0. The lowest BCUT2D eigenvalue weighted by atomic mass is 10.0. The third-order valence-corrected chi connectivity index (χ3v) is 4.30. The smallest absolute Gasteiger partial charge is 0.342 e. The molecule has 0 fully saturated rings. The van der Waals surface area contributed by atoms with Gasteiger partial charge in [0.25, 0.3) is 5.56 Å². The molecular formula is C20H19ClN4O3. The summed E-state index contributed by atoms with van der Waals surface area (Å²) in [6.07, 6.45) is 1.53. The van der Waals surface area contributed by atoms with Crippen molar-refractivity contribution in [3.8, 4) is 11.3 Å². The minimum atomic E-state index is -0.642. The number of halogens is 1. The Labute approximate surface area is 166 Å². The van der Waals surface area contributed by atoms with Gasteiger partial charge in [-0.3, -0.25) is 4.79 Å². The number of carbonyl (C=O) groups is 1. The third kappa shape index (κ3) is 3.89. The predicted octanol–water partition coefficient (Wildman–Crippen LogP) is 3.90. The molecule has 1 N–H and O–H groups in total. The fraction of sp³-hybridized carbons (Fsp3) is 0.200. The first-order chi connectivity index (χ1) is 13.6. The normalized spacial score (nSPS) is 10.5. The topological polar surface area (TPSA) is 86.1 Å². The third-order valence-electron chi connectivity index (χ3n) is 4.00. The summed E-state index contributed by atoms with van der Waals surface area (Å²) in [5.41, 5.74) is 1.09. The highest BCUT2D eigenvalue weighted by atomic mass is 35.5. The van der Waals surface area contributed by atoms with Crippen LogP contribution in [0.2, 0.25) is 5.15 Å². The van der Waals surface area contributed by atoms with Gasteiger partial charge < -0.3 is 10.1 Å². The summed E-state index contributed by atoms with van der Waals surface area (Å²) in [7, 11) is 0. The van der Waals surface area contributed by atoms with Gasteiger partial charge in [-0.2, -0.15) is 5.10 Å². The number of aromatic nitrogens is 3. The molecule has 0 aliphatic carbocycles. The van der Waals surface area contributed by atoms with E-state index in [1.165, 1.54) is 10.9 Å². The molecule has 0 amide bonds. The first kappa shape index (κ1) is 19.6. The van der Waals surface area contributed by atoms with Crippen molar-refractivity contribution < 1.29 is 9.53 Å². The summed E-state index contributed by atoms with van der Waals surface area (Å²) in [5.74, 6) is -0.642. The number of rotatable bonds is 6. The molecule has 7 nitrogen and oxygen atoms in total. The molecule has 3 rings (SSSR count). The van der Waals surface area contributed by atoms with Gasteiger partial charge in [0.1, 0.15) is 16.9 Å². The van der Waals surface area contributed by atoms with E-state index < -0.39 is 11.5 Å². The summed E-state index contributed by atoms with van der Waals surface area (Å²) >= 11 is 6.14. The van der Waals surface area contributed by atoms with E-state index in [1.807, 2.05) is 30.3 Å². The Morgan fingerprint density at radius 3 is 2.57 bits per heavy atom. The number of benzene rings is 1. The second-order valence-corrected chi connectivity index (χ2v) is 6.13. The summed E-state index contributed by atoms with van der Waals surface area (Å²) < 4.78 is 6.50. The van der Waals surface area contributed by atoms with Crippen LogP contribution in [0.4, 0.5) is 11.4 Å². The van der Waals surface area contributed by atoms with Crippen LogP contribution in [0.15, 0.2) is 53.5 Å². The number of carbonyl (C=O) groups excluding carboxylic acids is 1. The SMILES string of the molecule is CCOC(=O)c1c(-c2ccccc2)nn(CC)c(=O)c1Nc1cccnc1Cl. The molecule has 0 radical (unpaired) electrons. The summed E-state index contributed by atoms with van der Waals surface area (Å²) in [4.78, 5) is 29.8. The Bertz CT molecular complexity index is 1050. The van der Waals surface area contributed by atoms with Crippen LogP contribution in [0.25, 0.3) is 11.3 Å². The zero-order valence-electron chi connectivity index (χ0n) is 15.5. The molecule has 28 heavy (non-hydrogen) atoms. The van der Waals surface area contributed by atoms with Crippen LogP contribution in [-0.4, -0.2) is 27.3 Å². The Hall–Kier alpha value is -3.19. The quantitative estimate of drug-likeness (QED) is 0.500. The van der Waals surface area contributed by atoms with Gasteiger partial charge >= 0.3 is 5.97 Å². The van der Waals surface area contributed by atoms with Gasteiger partial charge in [0.15, 0.2) is 5.15 Å². The average molecular weight is 399 g/mol. The molecule has 3 aromatic rings. The van der Waals surface area contributed by atoms with Gasteiger partial charge in [-0.15, -0.1) is 0 Å². The highest BCUT2D eigenvalue weighted by molar-refractivity contribution is 6.32. The number of nitrogens with zero attached hydrogens (tertiary/aromatic N) is 3. The van der Waals surface area contributed by atoms with Gasteiger partial charge in [0.05, 0.1) is 12.3 Å². The maximum Gasteiger partial charge on any atom is 0.342 e. The number of anilines is 2. The van der Waals surface area contributed by atoms with E-state index in [-0.39, 0.29) is 23.0 Å². The minimum Gasteiger partial charge on any atom is -0.462 e. The molecule has 0 bridgehead atoms. The van der Waals surface area contributed by atoms with E-state index in [2.05, 4.69) is 15.4 Å². The van der Waals surface area contributed by atoms with Crippen molar-refractivity contribution in [1.29, 1.82) is 0 Å². The lowest BCUT2D eigenvalue weighted by Gasteiger charge is -2.17. The molecule has 0 unspecified atom stereocenters. The van der Waals surface area contributed by atoms with Gasteiger partial charge in [0.2, 0.25) is 0 Å². The largest absolute Gasteiger partial charge is 0.462 e. The number of esters is 1. The van der Waals surface area contributed by atoms with Crippen LogP contribution in [0.1, 0.15) is 24.2 Å². The molecule has 8 heteroatoms. The molecule has 0 spiro atoms. The van der Waals surface area contributed by atoms with Crippen LogP contribution < -0.4 is 10.9 Å². The van der Waals surface area contributed by atoms with E-state index in [4.69, 9.17) is 16.3 Å². The first-order valence-corrected chi connectivity index (χ1v) is 9.19. The van der Waals surface area contributed by atoms with Crippen molar-refractivity contribution >= 4 is 28.9 Å². The second kappa shape index (κ2) is 8.67. The van der Waals surface area contributed by atoms with Crippen molar-refractivity contribution in [1.82, 2.24) is 14.8 Å². The molecule has 0 saturated heterocycles. The van der Waals surface area contributed by atoms with Crippen molar-refractivity contribution in [3.05, 3.63) is 69.7 Å². The number of hydrogen-bond acceptors (Lipinski definition) is 6. The fourth-order valence-electron chi connectivity index (χ4n) is 2.71. The lowest BCUT2D eigenvalue weighted by molar-refractivity contribution is 0.0527. The molecule has 0 atom stereocenters. The standard InChI is InChI=1S/C20H19ClN4O3/c1-3-25-19(26)17(23-14-11-8-12-22-18(14)21)15(20(27)28-4-2)16(24-25)13-9-6-5-7-10-13/h5-12,23H,3-4H2,1-2H3. The van der Waals surface area contributed by atoms with Crippen molar-refractivity contribution in [2.75, 3.05) is 11.9 Å². The van der Waals surface area contributed by atoms with Crippen LogP contribution in [0.5, 0.6) is 0 Å². The summed E-state index contributed by atoms with van der Waals surface area (Å²) in [5, 5.41) is 7.55.